The van der Waals surface area contributed by atoms with Gasteiger partial charge in [0.1, 0.15) is 11.6 Å². The zero-order chi connectivity index (χ0) is 19.1. The van der Waals surface area contributed by atoms with Crippen LogP contribution in [0.5, 0.6) is 0 Å². The van der Waals surface area contributed by atoms with Crippen LogP contribution in [-0.2, 0) is 11.3 Å². The van der Waals surface area contributed by atoms with Crippen molar-refractivity contribution in [2.45, 2.75) is 13.5 Å². The maximum Gasteiger partial charge on any atom is 0.266 e. The molecule has 2 aliphatic rings. The molecule has 27 heavy (non-hydrogen) atoms. The number of nitrogens with zero attached hydrogens (tertiary/aromatic N) is 5. The lowest BCUT2D eigenvalue weighted by molar-refractivity contribution is -0.128. The van der Waals surface area contributed by atoms with E-state index in [0.29, 0.717) is 13.1 Å². The molecule has 0 atom stereocenters. The number of nitriles is 1. The number of piperazine rings is 2. The molecule has 144 valence electrons. The number of likely N-dealkylation sites (N-methyl/N-ethyl adjacent to an activating group) is 1. The average Bonchev–Trinajstić information content (AvgIpc) is 2.73. The van der Waals surface area contributed by atoms with Gasteiger partial charge in [-0.05, 0) is 12.1 Å². The van der Waals surface area contributed by atoms with Gasteiger partial charge in [0.2, 0.25) is 0 Å². The van der Waals surface area contributed by atoms with Crippen molar-refractivity contribution in [1.29, 1.82) is 5.26 Å². The van der Waals surface area contributed by atoms with E-state index in [0.717, 1.165) is 52.4 Å². The fourth-order valence-electron chi connectivity index (χ4n) is 3.64. The predicted octanol–water partition coefficient (Wildman–Crippen LogP) is 1.38. The van der Waals surface area contributed by atoms with Gasteiger partial charge in [-0.25, -0.2) is 0 Å². The molecule has 0 saturated carbocycles. The number of hydrogen-bond donors (Lipinski definition) is 0. The Balaban J connectivity index is 1.51. The van der Waals surface area contributed by atoms with Crippen LogP contribution < -0.4 is 0 Å². The third-order valence-corrected chi connectivity index (χ3v) is 5.43. The predicted molar refractivity (Wildman–Crippen MR) is 106 cm³/mol. The molecule has 6 heteroatoms. The molecule has 0 bridgehead atoms. The smallest absolute Gasteiger partial charge is 0.266 e. The van der Waals surface area contributed by atoms with E-state index in [4.69, 9.17) is 0 Å². The van der Waals surface area contributed by atoms with Crippen molar-refractivity contribution in [2.75, 3.05) is 58.9 Å². The number of hydrogen-bond acceptors (Lipinski definition) is 5. The molecule has 6 nitrogen and oxygen atoms in total. The maximum absolute atomic E-state index is 12.8. The van der Waals surface area contributed by atoms with E-state index >= 15 is 0 Å². The standard InChI is InChI=1S/C21H29N5O/c1-2-23-8-10-25(11-9-23)18-20(16-22)21(27)26-14-12-24(13-15-26)17-19-6-4-3-5-7-19/h3-7,18H,2,8-15,17H2,1H3/b20-18-. The topological polar surface area (TPSA) is 53.8 Å². The molecule has 0 radical (unpaired) electrons. The molecular weight excluding hydrogens is 338 g/mol. The Bertz CT molecular complexity index is 680. The molecule has 0 aromatic heterocycles. The summed E-state index contributed by atoms with van der Waals surface area (Å²) in [6.45, 7) is 10.9. The van der Waals surface area contributed by atoms with E-state index in [1.54, 1.807) is 6.20 Å². The van der Waals surface area contributed by atoms with Crippen LogP contribution in [-0.4, -0.2) is 84.4 Å². The van der Waals surface area contributed by atoms with Gasteiger partial charge in [-0.15, -0.1) is 0 Å². The lowest BCUT2D eigenvalue weighted by atomic mass is 10.2. The van der Waals surface area contributed by atoms with Crippen LogP contribution in [0.3, 0.4) is 0 Å². The Morgan fingerprint density at radius 2 is 1.63 bits per heavy atom. The molecular formula is C21H29N5O. The number of rotatable bonds is 5. The summed E-state index contributed by atoms with van der Waals surface area (Å²) in [4.78, 5) is 21.4. The van der Waals surface area contributed by atoms with Crippen molar-refractivity contribution < 1.29 is 4.79 Å². The molecule has 0 N–H and O–H groups in total. The summed E-state index contributed by atoms with van der Waals surface area (Å²) in [6.07, 6.45) is 1.77. The van der Waals surface area contributed by atoms with Gasteiger partial charge in [-0.2, -0.15) is 5.26 Å². The zero-order valence-corrected chi connectivity index (χ0v) is 16.2. The van der Waals surface area contributed by atoms with Gasteiger partial charge in [0.15, 0.2) is 0 Å². The lowest BCUT2D eigenvalue weighted by Crippen LogP contribution is -2.49. The minimum Gasteiger partial charge on any atom is -0.374 e. The van der Waals surface area contributed by atoms with E-state index in [1.807, 2.05) is 11.0 Å². The molecule has 1 aromatic carbocycles. The minimum absolute atomic E-state index is 0.130. The van der Waals surface area contributed by atoms with E-state index in [1.165, 1.54) is 5.56 Å². The van der Waals surface area contributed by atoms with Crippen LogP contribution in [0.4, 0.5) is 0 Å². The normalized spacial score (nSPS) is 19.8. The number of amides is 1. The van der Waals surface area contributed by atoms with Crippen LogP contribution in [0.1, 0.15) is 12.5 Å². The quantitative estimate of drug-likeness (QED) is 0.581. The van der Waals surface area contributed by atoms with Gasteiger partial charge in [0.05, 0.1) is 0 Å². The third kappa shape index (κ3) is 5.31. The Kier molecular flexibility index (Phi) is 6.86. The van der Waals surface area contributed by atoms with Gasteiger partial charge in [-0.1, -0.05) is 37.3 Å². The highest BCUT2D eigenvalue weighted by Crippen LogP contribution is 2.12. The third-order valence-electron chi connectivity index (χ3n) is 5.43. The molecule has 1 amide bonds. The van der Waals surface area contributed by atoms with Crippen LogP contribution in [0, 0.1) is 11.3 Å². The van der Waals surface area contributed by atoms with Crippen LogP contribution in [0.15, 0.2) is 42.1 Å². The second-order valence-corrected chi connectivity index (χ2v) is 7.18. The van der Waals surface area contributed by atoms with E-state index in [-0.39, 0.29) is 11.5 Å². The zero-order valence-electron chi connectivity index (χ0n) is 16.2. The highest BCUT2D eigenvalue weighted by atomic mass is 16.2. The van der Waals surface area contributed by atoms with Gasteiger partial charge >= 0.3 is 0 Å². The average molecular weight is 367 g/mol. The van der Waals surface area contributed by atoms with Gasteiger partial charge in [0, 0.05) is 65.1 Å². The fourth-order valence-corrected chi connectivity index (χ4v) is 3.64. The maximum atomic E-state index is 12.8. The van der Waals surface area contributed by atoms with Crippen LogP contribution in [0.25, 0.3) is 0 Å². The second-order valence-electron chi connectivity index (χ2n) is 7.18. The first-order chi connectivity index (χ1) is 13.2. The molecule has 0 unspecified atom stereocenters. The van der Waals surface area contributed by atoms with Crippen molar-refractivity contribution >= 4 is 5.91 Å². The number of carbonyl (C=O) groups is 1. The molecule has 2 heterocycles. The van der Waals surface area contributed by atoms with Crippen molar-refractivity contribution in [3.05, 3.63) is 47.7 Å². The number of benzene rings is 1. The highest BCUT2D eigenvalue weighted by Gasteiger charge is 2.24. The van der Waals surface area contributed by atoms with E-state index in [9.17, 15) is 10.1 Å². The monoisotopic (exact) mass is 367 g/mol. The number of carbonyl (C=O) groups excluding carboxylic acids is 1. The van der Waals surface area contributed by atoms with Gasteiger partial charge < -0.3 is 14.7 Å². The summed E-state index contributed by atoms with van der Waals surface area (Å²) in [5, 5.41) is 9.49. The van der Waals surface area contributed by atoms with Crippen molar-refractivity contribution in [3.63, 3.8) is 0 Å². The van der Waals surface area contributed by atoms with Gasteiger partial charge in [0.25, 0.3) is 5.91 Å². The minimum atomic E-state index is -0.130. The van der Waals surface area contributed by atoms with Gasteiger partial charge in [-0.3, -0.25) is 9.69 Å². The molecule has 2 saturated heterocycles. The second kappa shape index (κ2) is 9.54. The van der Waals surface area contributed by atoms with E-state index < -0.39 is 0 Å². The summed E-state index contributed by atoms with van der Waals surface area (Å²) in [7, 11) is 0. The lowest BCUT2D eigenvalue weighted by Gasteiger charge is -2.35. The van der Waals surface area contributed by atoms with Crippen molar-refractivity contribution in [2.24, 2.45) is 0 Å². The summed E-state index contributed by atoms with van der Waals surface area (Å²) in [5.74, 6) is -0.130. The Morgan fingerprint density at radius 3 is 2.22 bits per heavy atom. The summed E-state index contributed by atoms with van der Waals surface area (Å²) < 4.78 is 0. The first-order valence-electron chi connectivity index (χ1n) is 9.83. The Labute approximate surface area is 162 Å². The largest absolute Gasteiger partial charge is 0.374 e. The Morgan fingerprint density at radius 1 is 1.00 bits per heavy atom. The van der Waals surface area contributed by atoms with Crippen molar-refractivity contribution in [3.8, 4) is 6.07 Å². The summed E-state index contributed by atoms with van der Waals surface area (Å²) in [6, 6.07) is 12.5. The molecule has 2 fully saturated rings. The first kappa shape index (κ1) is 19.4. The fraction of sp³-hybridized carbons (Fsp3) is 0.524. The van der Waals surface area contributed by atoms with Crippen LogP contribution in [0.2, 0.25) is 0 Å². The summed E-state index contributed by atoms with van der Waals surface area (Å²) in [5.41, 5.74) is 1.55. The molecule has 2 aliphatic heterocycles. The molecule has 3 rings (SSSR count). The first-order valence-corrected chi connectivity index (χ1v) is 9.83. The van der Waals surface area contributed by atoms with E-state index in [2.05, 4.69) is 52.0 Å². The SMILES string of the molecule is CCN1CCN(/C=C(/C#N)C(=O)N2CCN(Cc3ccccc3)CC2)CC1. The molecule has 0 spiro atoms. The van der Waals surface area contributed by atoms with Crippen molar-refractivity contribution in [1.82, 2.24) is 19.6 Å². The Hall–Kier alpha value is -2.36. The highest BCUT2D eigenvalue weighted by molar-refractivity contribution is 5.97. The summed E-state index contributed by atoms with van der Waals surface area (Å²) >= 11 is 0. The van der Waals surface area contributed by atoms with Crippen LogP contribution >= 0.6 is 0 Å². The molecule has 0 aliphatic carbocycles. The molecule has 1 aromatic rings.